The lowest BCUT2D eigenvalue weighted by molar-refractivity contribution is -0.146. The molecule has 0 saturated carbocycles. The molecule has 0 spiro atoms. The number of carbonyl (C=O) groups excluding carboxylic acids is 2. The van der Waals surface area contributed by atoms with E-state index in [9.17, 15) is 14.7 Å². The molecule has 0 bridgehead atoms. The molecule has 0 heterocycles. The molecule has 0 aromatic heterocycles. The Hall–Kier alpha value is -1.88. The van der Waals surface area contributed by atoms with Crippen LogP contribution in [0.1, 0.15) is 37.0 Å². The summed E-state index contributed by atoms with van der Waals surface area (Å²) in [6.45, 7) is 7.85. The number of carbonyl (C=O) groups is 2. The Bertz CT molecular complexity index is 554. The van der Waals surface area contributed by atoms with Crippen LogP contribution in [0.2, 0.25) is 0 Å². The number of aliphatic hydroxyl groups is 1. The lowest BCUT2D eigenvalue weighted by Crippen LogP contribution is -2.47. The van der Waals surface area contributed by atoms with Gasteiger partial charge in [-0.2, -0.15) is 0 Å². The van der Waals surface area contributed by atoms with Gasteiger partial charge in [0.15, 0.2) is 0 Å². The maximum Gasteiger partial charge on any atom is 0.328 e. The van der Waals surface area contributed by atoms with E-state index in [2.05, 4.69) is 5.32 Å². The molecule has 1 rings (SSSR count). The van der Waals surface area contributed by atoms with Crippen LogP contribution in [0.5, 0.6) is 0 Å². The quantitative estimate of drug-likeness (QED) is 0.752. The third-order valence-electron chi connectivity index (χ3n) is 3.81. The van der Waals surface area contributed by atoms with Gasteiger partial charge in [0, 0.05) is 6.42 Å². The number of ether oxygens (including phenoxy) is 1. The van der Waals surface area contributed by atoms with Crippen LogP contribution in [0.3, 0.4) is 0 Å². The van der Waals surface area contributed by atoms with E-state index in [1.165, 1.54) is 12.7 Å². The average Bonchev–Trinajstić information content (AvgIpc) is 2.48. The van der Waals surface area contributed by atoms with Crippen LogP contribution in [0.25, 0.3) is 0 Å². The molecular weight excluding hydrogens is 294 g/mol. The van der Waals surface area contributed by atoms with Gasteiger partial charge in [0.05, 0.1) is 7.11 Å². The topological polar surface area (TPSA) is 75.6 Å². The second-order valence-corrected chi connectivity index (χ2v) is 6.35. The maximum atomic E-state index is 12.1. The zero-order chi connectivity index (χ0) is 17.6. The van der Waals surface area contributed by atoms with Gasteiger partial charge in [-0.05, 0) is 42.9 Å². The fourth-order valence-corrected chi connectivity index (χ4v) is 2.32. The number of nitrogens with one attached hydrogen (secondary N) is 1. The Labute approximate surface area is 138 Å². The smallest absolute Gasteiger partial charge is 0.328 e. The largest absolute Gasteiger partial charge is 0.467 e. The van der Waals surface area contributed by atoms with E-state index in [-0.39, 0.29) is 5.92 Å². The van der Waals surface area contributed by atoms with Crippen molar-refractivity contribution in [3.63, 3.8) is 0 Å². The fourth-order valence-electron chi connectivity index (χ4n) is 2.32. The van der Waals surface area contributed by atoms with E-state index < -0.39 is 24.0 Å². The van der Waals surface area contributed by atoms with Crippen LogP contribution in [0.15, 0.2) is 18.2 Å². The number of aliphatic hydroxyl groups excluding tert-OH is 1. The summed E-state index contributed by atoms with van der Waals surface area (Å²) in [5.41, 5.74) is 3.22. The summed E-state index contributed by atoms with van der Waals surface area (Å²) in [4.78, 5) is 24.0. The first kappa shape index (κ1) is 19.2. The molecule has 1 amide bonds. The van der Waals surface area contributed by atoms with Crippen molar-refractivity contribution in [3.8, 4) is 0 Å². The minimum absolute atomic E-state index is 0.187. The van der Waals surface area contributed by atoms with Crippen molar-refractivity contribution in [1.82, 2.24) is 5.32 Å². The molecule has 1 aromatic rings. The number of hydrogen-bond acceptors (Lipinski definition) is 4. The number of methoxy groups -OCH3 is 1. The summed E-state index contributed by atoms with van der Waals surface area (Å²) < 4.78 is 4.76. The summed E-state index contributed by atoms with van der Waals surface area (Å²) in [6, 6.07) is 5.09. The molecule has 0 fully saturated rings. The highest BCUT2D eigenvalue weighted by atomic mass is 16.5. The van der Waals surface area contributed by atoms with E-state index in [0.29, 0.717) is 12.8 Å². The minimum Gasteiger partial charge on any atom is -0.467 e. The highest BCUT2D eigenvalue weighted by molar-refractivity contribution is 5.87. The first-order valence-electron chi connectivity index (χ1n) is 7.87. The molecule has 23 heavy (non-hydrogen) atoms. The molecule has 0 aliphatic carbocycles. The molecule has 2 N–H and O–H groups in total. The van der Waals surface area contributed by atoms with Gasteiger partial charge < -0.3 is 15.2 Å². The van der Waals surface area contributed by atoms with Gasteiger partial charge in [-0.3, -0.25) is 4.79 Å². The lowest BCUT2D eigenvalue weighted by atomic mass is 10.00. The van der Waals surface area contributed by atoms with Crippen LogP contribution in [0, 0.1) is 19.8 Å². The van der Waals surface area contributed by atoms with E-state index in [1.807, 2.05) is 45.9 Å². The SMILES string of the molecule is COC(=O)[C@@H](Cc1ccc(C)c(C)c1)NC(=O)[C@@H](O)CC(C)C. The molecular formula is C18H27NO4. The number of benzene rings is 1. The molecule has 5 nitrogen and oxygen atoms in total. The molecule has 1 aromatic carbocycles. The van der Waals surface area contributed by atoms with E-state index in [1.54, 1.807) is 0 Å². The van der Waals surface area contributed by atoms with Gasteiger partial charge in [0.1, 0.15) is 12.1 Å². The minimum atomic E-state index is -1.12. The van der Waals surface area contributed by atoms with Crippen molar-refractivity contribution in [2.24, 2.45) is 5.92 Å². The predicted octanol–water partition coefficient (Wildman–Crippen LogP) is 1.91. The molecule has 0 saturated heterocycles. The van der Waals surface area contributed by atoms with Crippen molar-refractivity contribution in [2.45, 2.75) is 52.7 Å². The zero-order valence-electron chi connectivity index (χ0n) is 14.6. The van der Waals surface area contributed by atoms with Crippen LogP contribution >= 0.6 is 0 Å². The number of aryl methyl sites for hydroxylation is 2. The summed E-state index contributed by atoms with van der Waals surface area (Å²) in [6.07, 6.45) is -0.445. The van der Waals surface area contributed by atoms with Crippen molar-refractivity contribution in [1.29, 1.82) is 0 Å². The first-order chi connectivity index (χ1) is 10.7. The van der Waals surface area contributed by atoms with Crippen molar-refractivity contribution in [3.05, 3.63) is 34.9 Å². The van der Waals surface area contributed by atoms with E-state index >= 15 is 0 Å². The number of esters is 1. The maximum absolute atomic E-state index is 12.1. The van der Waals surface area contributed by atoms with Crippen molar-refractivity contribution < 1.29 is 19.4 Å². The van der Waals surface area contributed by atoms with Crippen LogP contribution in [0.4, 0.5) is 0 Å². The van der Waals surface area contributed by atoms with Gasteiger partial charge in [-0.1, -0.05) is 32.0 Å². The summed E-state index contributed by atoms with van der Waals surface area (Å²) in [7, 11) is 1.28. The Balaban J connectivity index is 2.82. The van der Waals surface area contributed by atoms with E-state index in [0.717, 1.165) is 11.1 Å². The highest BCUT2D eigenvalue weighted by Gasteiger charge is 2.25. The first-order valence-corrected chi connectivity index (χ1v) is 7.87. The van der Waals surface area contributed by atoms with Gasteiger partial charge in [0.2, 0.25) is 5.91 Å². The fraction of sp³-hybridized carbons (Fsp3) is 0.556. The average molecular weight is 321 g/mol. The van der Waals surface area contributed by atoms with E-state index in [4.69, 9.17) is 4.74 Å². The lowest BCUT2D eigenvalue weighted by Gasteiger charge is -2.20. The number of amides is 1. The Morgan fingerprint density at radius 2 is 1.87 bits per heavy atom. The molecule has 2 atom stereocenters. The Morgan fingerprint density at radius 3 is 2.39 bits per heavy atom. The monoisotopic (exact) mass is 321 g/mol. The molecule has 5 heteroatoms. The van der Waals surface area contributed by atoms with Crippen LogP contribution in [-0.2, 0) is 20.7 Å². The Kier molecular flexibility index (Phi) is 7.23. The molecule has 128 valence electrons. The summed E-state index contributed by atoms with van der Waals surface area (Å²) in [5.74, 6) is -0.877. The standard InChI is InChI=1S/C18H27NO4/c1-11(2)8-16(20)17(21)19-15(18(22)23-5)10-14-7-6-12(3)13(4)9-14/h6-7,9,11,15-16,20H,8,10H2,1-5H3,(H,19,21)/t15-,16+/m1/s1. The van der Waals surface area contributed by atoms with Crippen LogP contribution in [-0.4, -0.2) is 36.2 Å². The highest BCUT2D eigenvalue weighted by Crippen LogP contribution is 2.13. The molecule has 0 aliphatic heterocycles. The Morgan fingerprint density at radius 1 is 1.22 bits per heavy atom. The summed E-state index contributed by atoms with van der Waals surface area (Å²) in [5, 5.41) is 12.5. The third-order valence-corrected chi connectivity index (χ3v) is 3.81. The van der Waals surface area contributed by atoms with Crippen molar-refractivity contribution >= 4 is 11.9 Å². The van der Waals surface area contributed by atoms with Crippen LogP contribution < -0.4 is 5.32 Å². The molecule has 0 aliphatic rings. The second-order valence-electron chi connectivity index (χ2n) is 6.35. The van der Waals surface area contributed by atoms with Gasteiger partial charge in [-0.25, -0.2) is 4.79 Å². The predicted molar refractivity (Wildman–Crippen MR) is 89.0 cm³/mol. The second kappa shape index (κ2) is 8.67. The zero-order valence-corrected chi connectivity index (χ0v) is 14.6. The summed E-state index contributed by atoms with van der Waals surface area (Å²) >= 11 is 0. The van der Waals surface area contributed by atoms with Gasteiger partial charge in [0.25, 0.3) is 0 Å². The molecule has 0 unspecified atom stereocenters. The number of rotatable bonds is 7. The van der Waals surface area contributed by atoms with Gasteiger partial charge >= 0.3 is 5.97 Å². The van der Waals surface area contributed by atoms with Crippen molar-refractivity contribution in [2.75, 3.05) is 7.11 Å². The van der Waals surface area contributed by atoms with Gasteiger partial charge in [-0.15, -0.1) is 0 Å². The third kappa shape index (κ3) is 6.02. The normalized spacial score (nSPS) is 13.5. The molecule has 0 radical (unpaired) electrons. The number of hydrogen-bond donors (Lipinski definition) is 2.